The van der Waals surface area contributed by atoms with E-state index in [1.54, 1.807) is 0 Å². The molecule has 6 nitrogen and oxygen atoms in total. The smallest absolute Gasteiger partial charge is 0.116 e. The number of nitrogens with zero attached hydrogens (tertiary/aromatic N) is 1. The molecular formula is C10H26N2O4S. The Kier molecular flexibility index (Phi) is 9.00. The Labute approximate surface area is 105 Å². The van der Waals surface area contributed by atoms with Crippen molar-refractivity contribution in [3.05, 3.63) is 0 Å². The van der Waals surface area contributed by atoms with E-state index in [2.05, 4.69) is 5.32 Å². The Morgan fingerprint density at radius 3 is 2.35 bits per heavy atom. The van der Waals surface area contributed by atoms with Crippen LogP contribution in [0, 0.1) is 0 Å². The van der Waals surface area contributed by atoms with Gasteiger partial charge in [-0.1, -0.05) is 7.43 Å². The van der Waals surface area contributed by atoms with Crippen molar-refractivity contribution in [1.29, 1.82) is 0 Å². The molecule has 0 aliphatic carbocycles. The van der Waals surface area contributed by atoms with E-state index in [1.165, 1.54) is 0 Å². The molecule has 0 heterocycles. The molecule has 0 aromatic carbocycles. The number of aliphatic hydroxyl groups is 1. The Morgan fingerprint density at radius 1 is 1.41 bits per heavy atom. The molecule has 0 aliphatic heterocycles. The van der Waals surface area contributed by atoms with Gasteiger partial charge in [-0.05, 0) is 7.05 Å². The minimum Gasteiger partial charge on any atom is -0.748 e. The third-order valence-corrected chi connectivity index (χ3v) is 3.08. The average Bonchev–Trinajstić information content (AvgIpc) is 1.98. The first kappa shape index (κ1) is 19.1. The first-order valence-electron chi connectivity index (χ1n) is 5.24. The van der Waals surface area contributed by atoms with E-state index < -0.39 is 22.0 Å². The lowest BCUT2D eigenvalue weighted by atomic mass is 10.3. The average molecular weight is 270 g/mol. The lowest BCUT2D eigenvalue weighted by molar-refractivity contribution is -0.893. The third-order valence-electron chi connectivity index (χ3n) is 2.29. The molecular weight excluding hydrogens is 244 g/mol. The van der Waals surface area contributed by atoms with E-state index in [1.807, 2.05) is 21.1 Å². The molecule has 0 radical (unpaired) electrons. The minimum absolute atomic E-state index is 0. The standard InChI is InChI=1S/C9H22N2O4S.CH4/c1-10-5-4-6-11(2,3)7-9(12)8-16(13,14)15;/h9-10,12H,4-8H2,1-3H3;1H4. The van der Waals surface area contributed by atoms with Crippen LogP contribution in [-0.4, -0.2) is 75.2 Å². The van der Waals surface area contributed by atoms with Gasteiger partial charge >= 0.3 is 0 Å². The highest BCUT2D eigenvalue weighted by Gasteiger charge is 2.21. The summed E-state index contributed by atoms with van der Waals surface area (Å²) in [6.45, 7) is 1.96. The van der Waals surface area contributed by atoms with Gasteiger partial charge in [0, 0.05) is 13.0 Å². The van der Waals surface area contributed by atoms with Crippen LogP contribution in [0.2, 0.25) is 0 Å². The van der Waals surface area contributed by atoms with Crippen LogP contribution >= 0.6 is 0 Å². The van der Waals surface area contributed by atoms with Crippen LogP contribution in [-0.2, 0) is 10.1 Å². The summed E-state index contributed by atoms with van der Waals surface area (Å²) in [7, 11) is 1.31. The van der Waals surface area contributed by atoms with Crippen molar-refractivity contribution in [1.82, 2.24) is 5.32 Å². The number of nitrogens with one attached hydrogen (secondary N) is 1. The number of rotatable bonds is 8. The van der Waals surface area contributed by atoms with Crippen molar-refractivity contribution in [2.45, 2.75) is 20.0 Å². The maximum atomic E-state index is 10.5. The molecule has 17 heavy (non-hydrogen) atoms. The molecule has 1 unspecified atom stereocenters. The second kappa shape index (κ2) is 7.99. The maximum Gasteiger partial charge on any atom is 0.116 e. The summed E-state index contributed by atoms with van der Waals surface area (Å²) < 4.78 is 31.9. The van der Waals surface area contributed by atoms with Crippen LogP contribution in [0.1, 0.15) is 13.8 Å². The van der Waals surface area contributed by atoms with E-state index in [9.17, 15) is 18.1 Å². The van der Waals surface area contributed by atoms with Crippen LogP contribution in [0.3, 0.4) is 0 Å². The summed E-state index contributed by atoms with van der Waals surface area (Å²) >= 11 is 0. The van der Waals surface area contributed by atoms with Crippen molar-refractivity contribution in [2.24, 2.45) is 0 Å². The topological polar surface area (TPSA) is 89.5 Å². The zero-order chi connectivity index (χ0) is 12.8. The summed E-state index contributed by atoms with van der Waals surface area (Å²) in [4.78, 5) is 0. The molecule has 7 heteroatoms. The van der Waals surface area contributed by atoms with Crippen LogP contribution in [0.15, 0.2) is 0 Å². The zero-order valence-electron chi connectivity index (χ0n) is 10.1. The van der Waals surface area contributed by atoms with Crippen LogP contribution in [0.25, 0.3) is 0 Å². The fourth-order valence-corrected chi connectivity index (χ4v) is 2.21. The quantitative estimate of drug-likeness (QED) is 0.343. The van der Waals surface area contributed by atoms with Gasteiger partial charge in [-0.25, -0.2) is 8.42 Å². The molecule has 0 saturated heterocycles. The van der Waals surface area contributed by atoms with Crippen molar-refractivity contribution < 1.29 is 22.6 Å². The number of hydrogen-bond acceptors (Lipinski definition) is 5. The highest BCUT2D eigenvalue weighted by molar-refractivity contribution is 7.85. The van der Waals surface area contributed by atoms with Crippen LogP contribution < -0.4 is 5.32 Å². The van der Waals surface area contributed by atoms with E-state index in [0.717, 1.165) is 19.5 Å². The fourth-order valence-electron chi connectivity index (χ4n) is 1.63. The third kappa shape index (κ3) is 12.0. The largest absolute Gasteiger partial charge is 0.748 e. The SMILES string of the molecule is C.CNCCC[N+](C)(C)CC(O)CS(=O)(=O)[O-]. The van der Waals surface area contributed by atoms with Crippen molar-refractivity contribution in [3.8, 4) is 0 Å². The number of hydrogen-bond donors (Lipinski definition) is 2. The number of likely N-dealkylation sites (N-methyl/N-ethyl adjacent to an activating group) is 1. The molecule has 0 rings (SSSR count). The Morgan fingerprint density at radius 2 is 1.94 bits per heavy atom. The van der Waals surface area contributed by atoms with Gasteiger partial charge in [0.2, 0.25) is 0 Å². The molecule has 0 fully saturated rings. The van der Waals surface area contributed by atoms with Gasteiger partial charge in [-0.15, -0.1) is 0 Å². The van der Waals surface area contributed by atoms with E-state index >= 15 is 0 Å². The van der Waals surface area contributed by atoms with Gasteiger partial charge < -0.3 is 19.5 Å². The highest BCUT2D eigenvalue weighted by atomic mass is 32.2. The van der Waals surface area contributed by atoms with Gasteiger partial charge in [0.05, 0.1) is 36.5 Å². The normalized spacial score (nSPS) is 14.2. The second-order valence-corrected chi connectivity index (χ2v) is 6.13. The van der Waals surface area contributed by atoms with Gasteiger partial charge in [-0.3, -0.25) is 0 Å². The predicted octanol–water partition coefficient (Wildman–Crippen LogP) is -0.785. The van der Waals surface area contributed by atoms with Gasteiger partial charge in [0.15, 0.2) is 0 Å². The van der Waals surface area contributed by atoms with Crippen molar-refractivity contribution in [2.75, 3.05) is 46.5 Å². The lowest BCUT2D eigenvalue weighted by Crippen LogP contribution is -2.48. The van der Waals surface area contributed by atoms with Gasteiger partial charge in [-0.2, -0.15) is 0 Å². The first-order chi connectivity index (χ1) is 7.16. The summed E-state index contributed by atoms with van der Waals surface area (Å²) in [5.74, 6) is -0.708. The number of quaternary nitrogens is 1. The van der Waals surface area contributed by atoms with Gasteiger partial charge in [0.1, 0.15) is 12.6 Å². The van der Waals surface area contributed by atoms with Crippen molar-refractivity contribution >= 4 is 10.1 Å². The highest BCUT2D eigenvalue weighted by Crippen LogP contribution is 2.03. The fraction of sp³-hybridized carbons (Fsp3) is 1.00. The molecule has 0 bridgehead atoms. The maximum absolute atomic E-state index is 10.5. The molecule has 0 aromatic heterocycles. The Bertz CT molecular complexity index is 291. The second-order valence-electron chi connectivity index (χ2n) is 4.68. The van der Waals surface area contributed by atoms with E-state index in [4.69, 9.17) is 0 Å². The summed E-state index contributed by atoms with van der Waals surface area (Å²) in [6, 6.07) is 0. The molecule has 2 N–H and O–H groups in total. The summed E-state index contributed by atoms with van der Waals surface area (Å²) in [5, 5.41) is 12.5. The Balaban J connectivity index is 0. The zero-order valence-corrected chi connectivity index (χ0v) is 11.0. The minimum atomic E-state index is -4.34. The molecule has 0 aliphatic rings. The molecule has 0 spiro atoms. The monoisotopic (exact) mass is 270 g/mol. The molecule has 0 aromatic rings. The first-order valence-corrected chi connectivity index (χ1v) is 6.82. The number of aliphatic hydroxyl groups excluding tert-OH is 1. The Hall–Kier alpha value is -0.210. The lowest BCUT2D eigenvalue weighted by Gasteiger charge is -2.32. The molecule has 0 saturated carbocycles. The summed E-state index contributed by atoms with van der Waals surface area (Å²) in [5.41, 5.74) is 0. The molecule has 0 amide bonds. The van der Waals surface area contributed by atoms with Crippen LogP contribution in [0.5, 0.6) is 0 Å². The summed E-state index contributed by atoms with van der Waals surface area (Å²) in [6.07, 6.45) is -0.160. The predicted molar refractivity (Wildman–Crippen MR) is 67.7 cm³/mol. The molecule has 1 atom stereocenters. The van der Waals surface area contributed by atoms with E-state index in [0.29, 0.717) is 4.48 Å². The molecule has 106 valence electrons. The van der Waals surface area contributed by atoms with E-state index in [-0.39, 0.29) is 14.0 Å². The van der Waals surface area contributed by atoms with Gasteiger partial charge in [0.25, 0.3) is 0 Å². The van der Waals surface area contributed by atoms with Crippen molar-refractivity contribution in [3.63, 3.8) is 0 Å². The van der Waals surface area contributed by atoms with Crippen LogP contribution in [0.4, 0.5) is 0 Å².